The maximum absolute atomic E-state index is 11.7. The van der Waals surface area contributed by atoms with E-state index >= 15 is 0 Å². The highest BCUT2D eigenvalue weighted by atomic mass is 16.5. The molecule has 0 N–H and O–H groups in total. The van der Waals surface area contributed by atoms with Gasteiger partial charge in [-0.25, -0.2) is 4.79 Å². The van der Waals surface area contributed by atoms with E-state index in [-0.39, 0.29) is 18.2 Å². The fourth-order valence-electron chi connectivity index (χ4n) is 2.62. The predicted molar refractivity (Wildman–Crippen MR) is 73.1 cm³/mol. The number of hydrogen-bond acceptors (Lipinski definition) is 4. The summed E-state index contributed by atoms with van der Waals surface area (Å²) >= 11 is 0. The van der Waals surface area contributed by atoms with E-state index in [2.05, 4.69) is 18.7 Å². The Labute approximate surface area is 114 Å². The average molecular weight is 263 g/mol. The van der Waals surface area contributed by atoms with Gasteiger partial charge in [0.1, 0.15) is 0 Å². The number of nitrogens with zero attached hydrogens (tertiary/aromatic N) is 1. The molecule has 0 spiro atoms. The van der Waals surface area contributed by atoms with Crippen molar-refractivity contribution in [1.29, 1.82) is 0 Å². The number of hydrogen-bond donors (Lipinski definition) is 0. The van der Waals surface area contributed by atoms with Gasteiger partial charge in [0.15, 0.2) is 0 Å². The number of morpholine rings is 1. The van der Waals surface area contributed by atoms with E-state index in [0.717, 1.165) is 25.2 Å². The van der Waals surface area contributed by atoms with Crippen LogP contribution in [0.1, 0.15) is 29.8 Å². The molecule has 2 rings (SSSR count). The molecule has 0 amide bonds. The molecule has 104 valence electrons. The lowest BCUT2D eigenvalue weighted by atomic mass is 10.1. The minimum absolute atomic E-state index is 0.231. The van der Waals surface area contributed by atoms with Crippen LogP contribution in [0.15, 0.2) is 24.3 Å². The Morgan fingerprint density at radius 1 is 1.32 bits per heavy atom. The van der Waals surface area contributed by atoms with Crippen LogP contribution < -0.4 is 0 Å². The maximum atomic E-state index is 11.7. The minimum atomic E-state index is -0.273. The summed E-state index contributed by atoms with van der Waals surface area (Å²) in [6.07, 6.45) is 0.461. The molecule has 2 unspecified atom stereocenters. The van der Waals surface area contributed by atoms with Gasteiger partial charge in [-0.15, -0.1) is 0 Å². The van der Waals surface area contributed by atoms with E-state index in [9.17, 15) is 4.79 Å². The van der Waals surface area contributed by atoms with Crippen molar-refractivity contribution in [1.82, 2.24) is 4.90 Å². The Morgan fingerprint density at radius 3 is 2.58 bits per heavy atom. The fourth-order valence-corrected chi connectivity index (χ4v) is 2.62. The molecule has 19 heavy (non-hydrogen) atoms. The van der Waals surface area contributed by atoms with E-state index in [1.807, 2.05) is 24.3 Å². The summed E-state index contributed by atoms with van der Waals surface area (Å²) in [5.74, 6) is -0.273. The Morgan fingerprint density at radius 2 is 1.95 bits per heavy atom. The molecule has 4 heteroatoms. The fraction of sp³-hybridized carbons (Fsp3) is 0.533. The molecular formula is C15H21NO3. The van der Waals surface area contributed by atoms with Crippen molar-refractivity contribution in [2.24, 2.45) is 0 Å². The zero-order valence-corrected chi connectivity index (χ0v) is 11.8. The summed E-state index contributed by atoms with van der Waals surface area (Å²) in [5.41, 5.74) is 1.66. The van der Waals surface area contributed by atoms with Gasteiger partial charge < -0.3 is 9.47 Å². The minimum Gasteiger partial charge on any atom is -0.465 e. The molecule has 0 bridgehead atoms. The highest BCUT2D eigenvalue weighted by Crippen LogP contribution is 2.17. The first-order chi connectivity index (χ1) is 9.10. The van der Waals surface area contributed by atoms with Crippen LogP contribution in [0.3, 0.4) is 0 Å². The number of ether oxygens (including phenoxy) is 2. The third kappa shape index (κ3) is 3.55. The van der Waals surface area contributed by atoms with Crippen molar-refractivity contribution in [3.05, 3.63) is 35.4 Å². The summed E-state index contributed by atoms with van der Waals surface area (Å²) in [6.45, 7) is 6.69. The van der Waals surface area contributed by atoms with Crippen LogP contribution in [0.4, 0.5) is 0 Å². The first-order valence-electron chi connectivity index (χ1n) is 6.64. The second-order valence-corrected chi connectivity index (χ2v) is 5.10. The third-order valence-electron chi connectivity index (χ3n) is 3.31. The average Bonchev–Trinajstić information content (AvgIpc) is 2.37. The van der Waals surface area contributed by atoms with Gasteiger partial charge in [-0.2, -0.15) is 0 Å². The van der Waals surface area contributed by atoms with Crippen LogP contribution in [0.25, 0.3) is 0 Å². The molecular weight excluding hydrogens is 242 g/mol. The van der Waals surface area contributed by atoms with Gasteiger partial charge in [-0.05, 0) is 25.5 Å². The van der Waals surface area contributed by atoms with Crippen LogP contribution in [-0.4, -0.2) is 43.3 Å². The molecule has 1 aliphatic rings. The van der Waals surface area contributed by atoms with Crippen molar-refractivity contribution in [3.8, 4) is 0 Å². The first-order valence-corrected chi connectivity index (χ1v) is 6.64. The van der Waals surface area contributed by atoms with E-state index < -0.39 is 0 Å². The van der Waals surface area contributed by atoms with Crippen molar-refractivity contribution >= 4 is 5.97 Å². The number of esters is 1. The standard InChI is InChI=1S/C15H21NO3/c1-11-8-16(9-12(2)19-11)10-13-6-4-5-7-14(13)15(17)18-3/h4-7,11-12H,8-10H2,1-3H3. The lowest BCUT2D eigenvalue weighted by Gasteiger charge is -2.35. The summed E-state index contributed by atoms with van der Waals surface area (Å²) in [4.78, 5) is 14.1. The quantitative estimate of drug-likeness (QED) is 0.783. The normalized spacial score (nSPS) is 24.2. The lowest BCUT2D eigenvalue weighted by Crippen LogP contribution is -2.45. The van der Waals surface area contributed by atoms with Crippen LogP contribution in [0, 0.1) is 0 Å². The third-order valence-corrected chi connectivity index (χ3v) is 3.31. The molecule has 4 nitrogen and oxygen atoms in total. The number of carbonyl (C=O) groups excluding carboxylic acids is 1. The Bertz CT molecular complexity index is 437. The van der Waals surface area contributed by atoms with E-state index in [1.54, 1.807) is 0 Å². The summed E-state index contributed by atoms with van der Waals surface area (Å²) in [6, 6.07) is 7.61. The van der Waals surface area contributed by atoms with Gasteiger partial charge in [0.05, 0.1) is 24.9 Å². The van der Waals surface area contributed by atoms with Gasteiger partial charge in [0, 0.05) is 19.6 Å². The Hall–Kier alpha value is -1.39. The molecule has 1 heterocycles. The molecule has 1 aromatic rings. The SMILES string of the molecule is COC(=O)c1ccccc1CN1CC(C)OC(C)C1. The monoisotopic (exact) mass is 263 g/mol. The van der Waals surface area contributed by atoms with E-state index in [0.29, 0.717) is 5.56 Å². The number of carbonyl (C=O) groups is 1. The Kier molecular flexibility index (Phi) is 4.56. The van der Waals surface area contributed by atoms with Crippen molar-refractivity contribution in [2.75, 3.05) is 20.2 Å². The molecule has 0 saturated carbocycles. The molecule has 1 aliphatic heterocycles. The molecule has 0 aromatic heterocycles. The molecule has 0 aliphatic carbocycles. The van der Waals surface area contributed by atoms with Gasteiger partial charge >= 0.3 is 5.97 Å². The van der Waals surface area contributed by atoms with Crippen LogP contribution in [0.2, 0.25) is 0 Å². The smallest absolute Gasteiger partial charge is 0.338 e. The molecule has 1 aromatic carbocycles. The molecule has 1 fully saturated rings. The van der Waals surface area contributed by atoms with Crippen LogP contribution in [-0.2, 0) is 16.0 Å². The zero-order chi connectivity index (χ0) is 13.8. The second-order valence-electron chi connectivity index (χ2n) is 5.10. The number of rotatable bonds is 3. The Balaban J connectivity index is 2.12. The summed E-state index contributed by atoms with van der Waals surface area (Å²) < 4.78 is 10.5. The van der Waals surface area contributed by atoms with Gasteiger partial charge in [-0.3, -0.25) is 4.90 Å². The summed E-state index contributed by atoms with van der Waals surface area (Å²) in [5, 5.41) is 0. The number of benzene rings is 1. The van der Waals surface area contributed by atoms with Crippen LogP contribution >= 0.6 is 0 Å². The summed E-state index contributed by atoms with van der Waals surface area (Å²) in [7, 11) is 1.41. The van der Waals surface area contributed by atoms with Gasteiger partial charge in [0.25, 0.3) is 0 Å². The second kappa shape index (κ2) is 6.17. The molecule has 1 saturated heterocycles. The van der Waals surface area contributed by atoms with Gasteiger partial charge in [-0.1, -0.05) is 18.2 Å². The highest BCUT2D eigenvalue weighted by Gasteiger charge is 2.23. The topological polar surface area (TPSA) is 38.8 Å². The van der Waals surface area contributed by atoms with Crippen molar-refractivity contribution in [3.63, 3.8) is 0 Å². The lowest BCUT2D eigenvalue weighted by molar-refractivity contribution is -0.0705. The van der Waals surface area contributed by atoms with E-state index in [1.165, 1.54) is 7.11 Å². The molecule has 0 radical (unpaired) electrons. The predicted octanol–water partition coefficient (Wildman–Crippen LogP) is 2.08. The van der Waals surface area contributed by atoms with Crippen molar-refractivity contribution < 1.29 is 14.3 Å². The van der Waals surface area contributed by atoms with Crippen molar-refractivity contribution in [2.45, 2.75) is 32.6 Å². The zero-order valence-electron chi connectivity index (χ0n) is 11.8. The maximum Gasteiger partial charge on any atom is 0.338 e. The number of methoxy groups -OCH3 is 1. The first kappa shape index (κ1) is 14.0. The van der Waals surface area contributed by atoms with E-state index in [4.69, 9.17) is 9.47 Å². The highest BCUT2D eigenvalue weighted by molar-refractivity contribution is 5.90. The van der Waals surface area contributed by atoms with Gasteiger partial charge in [0.2, 0.25) is 0 Å². The molecule has 2 atom stereocenters. The largest absolute Gasteiger partial charge is 0.465 e. The van der Waals surface area contributed by atoms with Crippen LogP contribution in [0.5, 0.6) is 0 Å².